The number of thioether (sulfide) groups is 1. The second-order valence-electron chi connectivity index (χ2n) is 3.69. The highest BCUT2D eigenvalue weighted by Gasteiger charge is 2.13. The first-order valence-corrected chi connectivity index (χ1v) is 8.27. The molecule has 2 aromatic rings. The van der Waals surface area contributed by atoms with E-state index in [1.165, 1.54) is 4.90 Å². The Balaban J connectivity index is 1.99. The molecule has 0 bridgehead atoms. The zero-order valence-electron chi connectivity index (χ0n) is 10.6. The molecule has 2 rings (SSSR count). The molecular formula is C13H14BrNO2S2. The molecule has 0 unspecified atom stereocenters. The maximum Gasteiger partial charge on any atom is 0.201 e. The van der Waals surface area contributed by atoms with Gasteiger partial charge in [-0.1, -0.05) is 12.1 Å². The van der Waals surface area contributed by atoms with Crippen molar-refractivity contribution in [2.45, 2.75) is 16.9 Å². The number of nitrogens with zero attached hydrogens (tertiary/aromatic N) is 1. The number of hydrogen-bond acceptors (Lipinski definition) is 5. The van der Waals surface area contributed by atoms with Crippen LogP contribution in [-0.2, 0) is 15.2 Å². The molecular weight excluding hydrogens is 346 g/mol. The lowest BCUT2D eigenvalue weighted by molar-refractivity contribution is -0.108. The quantitative estimate of drug-likeness (QED) is 0.561. The van der Waals surface area contributed by atoms with Gasteiger partial charge in [0.25, 0.3) is 0 Å². The molecule has 0 saturated carbocycles. The van der Waals surface area contributed by atoms with Crippen molar-refractivity contribution >= 4 is 39.0 Å². The topological polar surface area (TPSA) is 31.4 Å². The second kappa shape index (κ2) is 7.40. The number of hydrogen-bond donors (Lipinski definition) is 0. The summed E-state index contributed by atoms with van der Waals surface area (Å²) in [5, 5.41) is 3.04. The van der Waals surface area contributed by atoms with E-state index in [-0.39, 0.29) is 6.29 Å². The molecule has 0 aliphatic rings. The molecule has 0 atom stereocenters. The maximum absolute atomic E-state index is 5.19. The van der Waals surface area contributed by atoms with Gasteiger partial charge in [-0.3, -0.25) is 0 Å². The van der Waals surface area contributed by atoms with E-state index in [4.69, 9.17) is 9.47 Å². The third kappa shape index (κ3) is 4.03. The van der Waals surface area contributed by atoms with E-state index in [2.05, 4.69) is 27.0 Å². The lowest BCUT2D eigenvalue weighted by Crippen LogP contribution is -2.03. The number of aromatic nitrogens is 1. The summed E-state index contributed by atoms with van der Waals surface area (Å²) in [7, 11) is 3.23. The zero-order valence-corrected chi connectivity index (χ0v) is 13.8. The minimum Gasteiger partial charge on any atom is -0.350 e. The summed E-state index contributed by atoms with van der Waals surface area (Å²) in [5.74, 6) is 0.841. The summed E-state index contributed by atoms with van der Waals surface area (Å²) in [6.07, 6.45) is -0.376. The standard InChI is InChI=1S/C13H14BrNO2S2/c1-16-13(17-2)10-7-19-12(15-10)8-18-11-6-4-3-5-9(11)14/h3-7,13H,8H2,1-2H3. The summed E-state index contributed by atoms with van der Waals surface area (Å²) in [6, 6.07) is 8.18. The van der Waals surface area contributed by atoms with Crippen LogP contribution in [0.15, 0.2) is 39.0 Å². The van der Waals surface area contributed by atoms with Crippen molar-refractivity contribution in [3.8, 4) is 0 Å². The fourth-order valence-corrected chi connectivity index (χ4v) is 3.92. The van der Waals surface area contributed by atoms with Crippen LogP contribution >= 0.6 is 39.0 Å². The molecule has 0 radical (unpaired) electrons. The third-order valence-electron chi connectivity index (χ3n) is 2.43. The highest BCUT2D eigenvalue weighted by molar-refractivity contribution is 9.10. The highest BCUT2D eigenvalue weighted by Crippen LogP contribution is 2.31. The van der Waals surface area contributed by atoms with Gasteiger partial charge < -0.3 is 9.47 Å². The van der Waals surface area contributed by atoms with E-state index >= 15 is 0 Å². The number of rotatable bonds is 6. The first-order chi connectivity index (χ1) is 9.24. The lowest BCUT2D eigenvalue weighted by Gasteiger charge is -2.09. The number of ether oxygens (including phenoxy) is 2. The van der Waals surface area contributed by atoms with Gasteiger partial charge in [-0.05, 0) is 28.1 Å². The Labute approximate surface area is 129 Å². The van der Waals surface area contributed by atoms with E-state index in [0.29, 0.717) is 0 Å². The molecule has 0 N–H and O–H groups in total. The van der Waals surface area contributed by atoms with E-state index < -0.39 is 0 Å². The Morgan fingerprint density at radius 3 is 2.74 bits per heavy atom. The fourth-order valence-electron chi connectivity index (χ4n) is 1.54. The largest absolute Gasteiger partial charge is 0.350 e. The fraction of sp³-hybridized carbons (Fsp3) is 0.308. The van der Waals surface area contributed by atoms with Crippen LogP contribution in [0.1, 0.15) is 17.0 Å². The zero-order chi connectivity index (χ0) is 13.7. The Morgan fingerprint density at radius 1 is 1.32 bits per heavy atom. The Hall–Kier alpha value is -0.400. The molecule has 6 heteroatoms. The molecule has 0 saturated heterocycles. The summed E-state index contributed by atoms with van der Waals surface area (Å²) < 4.78 is 11.5. The molecule has 0 spiro atoms. The first kappa shape index (κ1) is 15.0. The van der Waals surface area contributed by atoms with Crippen LogP contribution in [0.2, 0.25) is 0 Å². The SMILES string of the molecule is COC(OC)c1csc(CSc2ccccc2Br)n1. The minimum atomic E-state index is -0.376. The molecule has 0 aliphatic carbocycles. The van der Waals surface area contributed by atoms with Gasteiger partial charge in [0.1, 0.15) is 10.7 Å². The van der Waals surface area contributed by atoms with E-state index in [9.17, 15) is 0 Å². The molecule has 0 amide bonds. The van der Waals surface area contributed by atoms with Crippen molar-refractivity contribution in [3.05, 3.63) is 44.8 Å². The molecule has 3 nitrogen and oxygen atoms in total. The monoisotopic (exact) mass is 359 g/mol. The van der Waals surface area contributed by atoms with Gasteiger partial charge in [0.05, 0.1) is 5.75 Å². The molecule has 1 heterocycles. The first-order valence-electron chi connectivity index (χ1n) is 5.61. The summed E-state index contributed by atoms with van der Waals surface area (Å²) >= 11 is 6.93. The minimum absolute atomic E-state index is 0.376. The Kier molecular flexibility index (Phi) is 5.84. The van der Waals surface area contributed by atoms with Gasteiger partial charge in [0.2, 0.25) is 6.29 Å². The molecule has 102 valence electrons. The number of halogens is 1. The summed E-state index contributed by atoms with van der Waals surface area (Å²) in [5.41, 5.74) is 0.831. The van der Waals surface area contributed by atoms with E-state index in [0.717, 1.165) is 20.9 Å². The molecule has 0 aliphatic heterocycles. The van der Waals surface area contributed by atoms with Crippen molar-refractivity contribution in [2.75, 3.05) is 14.2 Å². The lowest BCUT2D eigenvalue weighted by atomic mass is 10.4. The van der Waals surface area contributed by atoms with Gasteiger partial charge in [0, 0.05) is 29.0 Å². The van der Waals surface area contributed by atoms with Gasteiger partial charge in [-0.2, -0.15) is 0 Å². The van der Waals surface area contributed by atoms with Crippen molar-refractivity contribution < 1.29 is 9.47 Å². The smallest absolute Gasteiger partial charge is 0.201 e. The number of thiazole rings is 1. The van der Waals surface area contributed by atoms with Crippen molar-refractivity contribution in [1.29, 1.82) is 0 Å². The highest BCUT2D eigenvalue weighted by atomic mass is 79.9. The molecule has 19 heavy (non-hydrogen) atoms. The van der Waals surface area contributed by atoms with Crippen LogP contribution in [0.4, 0.5) is 0 Å². The van der Waals surface area contributed by atoms with Crippen LogP contribution < -0.4 is 0 Å². The number of benzene rings is 1. The predicted molar refractivity (Wildman–Crippen MR) is 82.6 cm³/mol. The molecule has 1 aromatic carbocycles. The van der Waals surface area contributed by atoms with Crippen LogP contribution in [0.25, 0.3) is 0 Å². The van der Waals surface area contributed by atoms with Gasteiger partial charge in [0.15, 0.2) is 0 Å². The Bertz CT molecular complexity index is 529. The van der Waals surface area contributed by atoms with Crippen LogP contribution in [0.5, 0.6) is 0 Å². The second-order valence-corrected chi connectivity index (χ2v) is 6.50. The van der Waals surface area contributed by atoms with E-state index in [1.807, 2.05) is 23.6 Å². The summed E-state index contributed by atoms with van der Waals surface area (Å²) in [6.45, 7) is 0. The summed E-state index contributed by atoms with van der Waals surface area (Å²) in [4.78, 5) is 5.75. The van der Waals surface area contributed by atoms with Gasteiger partial charge in [-0.15, -0.1) is 23.1 Å². The maximum atomic E-state index is 5.19. The van der Waals surface area contributed by atoms with Crippen molar-refractivity contribution in [3.63, 3.8) is 0 Å². The normalized spacial score (nSPS) is 11.2. The van der Waals surface area contributed by atoms with Gasteiger partial charge in [-0.25, -0.2) is 4.98 Å². The van der Waals surface area contributed by atoms with Crippen LogP contribution in [0.3, 0.4) is 0 Å². The van der Waals surface area contributed by atoms with Gasteiger partial charge >= 0.3 is 0 Å². The number of methoxy groups -OCH3 is 2. The predicted octanol–water partition coefficient (Wildman–Crippen LogP) is 4.49. The third-order valence-corrected chi connectivity index (χ3v) is 5.52. The van der Waals surface area contributed by atoms with E-state index in [1.54, 1.807) is 37.3 Å². The molecule has 0 fully saturated rings. The Morgan fingerprint density at radius 2 is 2.05 bits per heavy atom. The van der Waals surface area contributed by atoms with Crippen LogP contribution in [0, 0.1) is 0 Å². The van der Waals surface area contributed by atoms with Crippen molar-refractivity contribution in [1.82, 2.24) is 4.98 Å². The average Bonchev–Trinajstić information content (AvgIpc) is 2.88. The average molecular weight is 360 g/mol. The van der Waals surface area contributed by atoms with Crippen LogP contribution in [-0.4, -0.2) is 19.2 Å². The molecule has 1 aromatic heterocycles. The van der Waals surface area contributed by atoms with Crippen molar-refractivity contribution in [2.24, 2.45) is 0 Å².